The zero-order valence-corrected chi connectivity index (χ0v) is 12.6. The molecule has 20 heavy (non-hydrogen) atoms. The predicted octanol–water partition coefficient (Wildman–Crippen LogP) is 3.07. The Hall–Kier alpha value is -1.61. The summed E-state index contributed by atoms with van der Waals surface area (Å²) >= 11 is 0. The third-order valence-electron chi connectivity index (χ3n) is 3.62. The van der Waals surface area contributed by atoms with Crippen molar-refractivity contribution in [2.75, 3.05) is 6.54 Å². The van der Waals surface area contributed by atoms with Gasteiger partial charge in [0.05, 0.1) is 5.60 Å². The lowest BCUT2D eigenvalue weighted by Crippen LogP contribution is -2.41. The lowest BCUT2D eigenvalue weighted by atomic mass is 9.97. The van der Waals surface area contributed by atoms with Crippen molar-refractivity contribution in [3.63, 3.8) is 0 Å². The molecule has 110 valence electrons. The van der Waals surface area contributed by atoms with Gasteiger partial charge in [-0.15, -0.1) is 0 Å². The van der Waals surface area contributed by atoms with Gasteiger partial charge in [0.1, 0.15) is 0 Å². The molecule has 3 nitrogen and oxygen atoms in total. The smallest absolute Gasteiger partial charge is 0.223 e. The van der Waals surface area contributed by atoms with E-state index in [9.17, 15) is 9.90 Å². The normalized spacial score (nSPS) is 11.8. The van der Waals surface area contributed by atoms with Crippen LogP contribution in [0.5, 0.6) is 0 Å². The van der Waals surface area contributed by atoms with Crippen molar-refractivity contribution in [2.45, 2.75) is 45.6 Å². The number of rotatable bonds is 7. The first kappa shape index (κ1) is 16.4. The summed E-state index contributed by atoms with van der Waals surface area (Å²) in [6.07, 6.45) is 5.39. The molecule has 0 unspecified atom stereocenters. The van der Waals surface area contributed by atoms with E-state index >= 15 is 0 Å². The number of hydrogen-bond acceptors (Lipinski definition) is 2. The quantitative estimate of drug-likeness (QED) is 0.803. The maximum Gasteiger partial charge on any atom is 0.223 e. The highest BCUT2D eigenvalue weighted by atomic mass is 16.3. The molecule has 0 radical (unpaired) electrons. The molecule has 0 saturated carbocycles. The van der Waals surface area contributed by atoms with E-state index in [4.69, 9.17) is 0 Å². The summed E-state index contributed by atoms with van der Waals surface area (Å²) in [7, 11) is 0. The van der Waals surface area contributed by atoms with Crippen molar-refractivity contribution in [2.24, 2.45) is 0 Å². The summed E-state index contributed by atoms with van der Waals surface area (Å²) < 4.78 is 0. The Morgan fingerprint density at radius 1 is 1.25 bits per heavy atom. The predicted molar refractivity (Wildman–Crippen MR) is 83.4 cm³/mol. The van der Waals surface area contributed by atoms with Gasteiger partial charge in [-0.2, -0.15) is 0 Å². The number of benzene rings is 1. The minimum Gasteiger partial charge on any atom is -0.388 e. The fourth-order valence-corrected chi connectivity index (χ4v) is 1.81. The van der Waals surface area contributed by atoms with Crippen LogP contribution in [0, 0.1) is 6.92 Å². The topological polar surface area (TPSA) is 49.3 Å². The third-order valence-corrected chi connectivity index (χ3v) is 3.62. The van der Waals surface area contributed by atoms with Crippen molar-refractivity contribution in [3.8, 4) is 0 Å². The Kier molecular flexibility index (Phi) is 6.46. The molecule has 0 atom stereocenters. The molecule has 0 saturated heterocycles. The standard InChI is InChI=1S/C17H25NO2/c1-4-17(20,5-2)13-18-16(19)8-6-7-15-11-9-14(3)10-12-15/h6-7,9-12,20H,4-5,8,13H2,1-3H3,(H,18,19). The molecular weight excluding hydrogens is 250 g/mol. The number of hydrogen-bond donors (Lipinski definition) is 2. The molecule has 1 aromatic carbocycles. The maximum atomic E-state index is 11.7. The Balaban J connectivity index is 2.38. The molecule has 0 aliphatic carbocycles. The van der Waals surface area contributed by atoms with Crippen molar-refractivity contribution >= 4 is 12.0 Å². The number of aliphatic hydroxyl groups is 1. The highest BCUT2D eigenvalue weighted by Gasteiger charge is 2.22. The van der Waals surface area contributed by atoms with Gasteiger partial charge in [0.2, 0.25) is 5.91 Å². The summed E-state index contributed by atoms with van der Waals surface area (Å²) in [5.74, 6) is -0.0614. The Bertz CT molecular complexity index is 445. The Labute approximate surface area is 121 Å². The molecule has 0 aliphatic rings. The highest BCUT2D eigenvalue weighted by molar-refractivity contribution is 5.78. The van der Waals surface area contributed by atoms with E-state index in [-0.39, 0.29) is 5.91 Å². The van der Waals surface area contributed by atoms with Crippen LogP contribution in [0.1, 0.15) is 44.2 Å². The molecule has 0 bridgehead atoms. The van der Waals surface area contributed by atoms with Crippen LogP contribution in [0.2, 0.25) is 0 Å². The van der Waals surface area contributed by atoms with E-state index in [0.29, 0.717) is 25.8 Å². The Morgan fingerprint density at radius 3 is 2.40 bits per heavy atom. The SMILES string of the molecule is CCC(O)(CC)CNC(=O)CC=Cc1ccc(C)cc1. The van der Waals surface area contributed by atoms with Crippen LogP contribution in [0.25, 0.3) is 6.08 Å². The Morgan fingerprint density at radius 2 is 1.85 bits per heavy atom. The fourth-order valence-electron chi connectivity index (χ4n) is 1.81. The van der Waals surface area contributed by atoms with Crippen molar-refractivity contribution in [1.82, 2.24) is 5.32 Å². The van der Waals surface area contributed by atoms with Crippen LogP contribution < -0.4 is 5.32 Å². The van der Waals surface area contributed by atoms with Crippen molar-refractivity contribution < 1.29 is 9.90 Å². The average molecular weight is 275 g/mol. The second kappa shape index (κ2) is 7.85. The van der Waals surface area contributed by atoms with Gasteiger partial charge in [0.15, 0.2) is 0 Å². The van der Waals surface area contributed by atoms with Crippen LogP contribution in [0.3, 0.4) is 0 Å². The van der Waals surface area contributed by atoms with Gasteiger partial charge in [0, 0.05) is 13.0 Å². The van der Waals surface area contributed by atoms with E-state index in [1.54, 1.807) is 0 Å². The largest absolute Gasteiger partial charge is 0.388 e. The van der Waals surface area contributed by atoms with Gasteiger partial charge >= 0.3 is 0 Å². The second-order valence-corrected chi connectivity index (χ2v) is 5.23. The zero-order chi connectivity index (χ0) is 15.0. The lowest BCUT2D eigenvalue weighted by molar-refractivity contribution is -0.121. The number of aryl methyl sites for hydroxylation is 1. The molecule has 1 rings (SSSR count). The number of amides is 1. The van der Waals surface area contributed by atoms with Gasteiger partial charge in [-0.1, -0.05) is 55.8 Å². The van der Waals surface area contributed by atoms with Crippen LogP contribution >= 0.6 is 0 Å². The maximum absolute atomic E-state index is 11.7. The number of carbonyl (C=O) groups excluding carboxylic acids is 1. The first-order valence-electron chi connectivity index (χ1n) is 7.21. The van der Waals surface area contributed by atoms with Crippen LogP contribution in [0.15, 0.2) is 30.3 Å². The molecule has 0 fully saturated rings. The van der Waals surface area contributed by atoms with E-state index < -0.39 is 5.60 Å². The average Bonchev–Trinajstić information content (AvgIpc) is 2.47. The van der Waals surface area contributed by atoms with E-state index in [1.807, 2.05) is 57.2 Å². The fraction of sp³-hybridized carbons (Fsp3) is 0.471. The number of carbonyl (C=O) groups is 1. The van der Waals surface area contributed by atoms with Gasteiger partial charge in [-0.25, -0.2) is 0 Å². The minimum atomic E-state index is -0.781. The molecule has 1 amide bonds. The summed E-state index contributed by atoms with van der Waals surface area (Å²) in [5.41, 5.74) is 1.52. The van der Waals surface area contributed by atoms with E-state index in [0.717, 1.165) is 5.56 Å². The van der Waals surface area contributed by atoms with Crippen LogP contribution in [-0.4, -0.2) is 23.2 Å². The summed E-state index contributed by atoms with van der Waals surface area (Å²) in [4.78, 5) is 11.7. The van der Waals surface area contributed by atoms with Crippen molar-refractivity contribution in [1.29, 1.82) is 0 Å². The van der Waals surface area contributed by atoms with Gasteiger partial charge in [-0.05, 0) is 25.3 Å². The van der Waals surface area contributed by atoms with Crippen LogP contribution in [0.4, 0.5) is 0 Å². The zero-order valence-electron chi connectivity index (χ0n) is 12.6. The molecule has 3 heteroatoms. The number of nitrogens with one attached hydrogen (secondary N) is 1. The third kappa shape index (κ3) is 5.57. The summed E-state index contributed by atoms with van der Waals surface area (Å²) in [5, 5.41) is 12.9. The lowest BCUT2D eigenvalue weighted by Gasteiger charge is -2.25. The minimum absolute atomic E-state index is 0.0614. The van der Waals surface area contributed by atoms with Gasteiger partial charge < -0.3 is 10.4 Å². The molecule has 0 aliphatic heterocycles. The molecule has 0 spiro atoms. The molecular formula is C17H25NO2. The van der Waals surface area contributed by atoms with Crippen molar-refractivity contribution in [3.05, 3.63) is 41.5 Å². The summed E-state index contributed by atoms with van der Waals surface area (Å²) in [6, 6.07) is 8.14. The monoisotopic (exact) mass is 275 g/mol. The molecule has 2 N–H and O–H groups in total. The van der Waals surface area contributed by atoms with E-state index in [1.165, 1.54) is 5.56 Å². The first-order valence-corrected chi connectivity index (χ1v) is 7.21. The van der Waals surface area contributed by atoms with Crippen LogP contribution in [-0.2, 0) is 4.79 Å². The summed E-state index contributed by atoms with van der Waals surface area (Å²) in [6.45, 7) is 6.21. The molecule has 1 aromatic rings. The molecule has 0 aromatic heterocycles. The van der Waals surface area contributed by atoms with Gasteiger partial charge in [-0.3, -0.25) is 4.79 Å². The van der Waals surface area contributed by atoms with Gasteiger partial charge in [0.25, 0.3) is 0 Å². The second-order valence-electron chi connectivity index (χ2n) is 5.23. The van der Waals surface area contributed by atoms with E-state index in [2.05, 4.69) is 5.32 Å². The first-order chi connectivity index (χ1) is 9.49. The molecule has 0 heterocycles. The highest BCUT2D eigenvalue weighted by Crippen LogP contribution is 2.12.